The summed E-state index contributed by atoms with van der Waals surface area (Å²) >= 11 is 0. The van der Waals surface area contributed by atoms with Gasteiger partial charge in [-0.15, -0.1) is 0 Å². The van der Waals surface area contributed by atoms with Gasteiger partial charge in [0, 0.05) is 13.6 Å². The number of hydrogen-bond acceptors (Lipinski definition) is 4. The maximum absolute atomic E-state index is 12.2. The number of fused-ring (bicyclic) bond motifs is 1. The van der Waals surface area contributed by atoms with E-state index in [1.54, 1.807) is 11.4 Å². The molecule has 0 aromatic heterocycles. The van der Waals surface area contributed by atoms with Crippen LogP contribution in [0.15, 0.2) is 0 Å². The topological polar surface area (TPSA) is 75.7 Å². The zero-order chi connectivity index (χ0) is 14.0. The fourth-order valence-electron chi connectivity index (χ4n) is 2.96. The van der Waals surface area contributed by atoms with Crippen molar-refractivity contribution in [3.63, 3.8) is 0 Å². The summed E-state index contributed by atoms with van der Waals surface area (Å²) in [5.74, 6) is 0.0723. The molecule has 19 heavy (non-hydrogen) atoms. The molecule has 2 aliphatic rings. The molecule has 2 saturated heterocycles. The van der Waals surface area contributed by atoms with E-state index in [0.717, 1.165) is 0 Å². The second kappa shape index (κ2) is 5.76. The van der Waals surface area contributed by atoms with Crippen molar-refractivity contribution in [2.24, 2.45) is 0 Å². The molecule has 0 radical (unpaired) electrons. The van der Waals surface area contributed by atoms with Crippen molar-refractivity contribution in [3.05, 3.63) is 0 Å². The molecule has 1 amide bonds. The van der Waals surface area contributed by atoms with Gasteiger partial charge in [-0.1, -0.05) is 6.92 Å². The number of sulfonamides is 1. The Morgan fingerprint density at radius 2 is 2.11 bits per heavy atom. The summed E-state index contributed by atoms with van der Waals surface area (Å²) in [6.45, 7) is 2.38. The second-order valence-corrected chi connectivity index (χ2v) is 7.18. The number of amides is 1. The summed E-state index contributed by atoms with van der Waals surface area (Å²) in [5, 5.41) is 2.58. The Morgan fingerprint density at radius 1 is 1.37 bits per heavy atom. The highest BCUT2D eigenvalue weighted by molar-refractivity contribution is 7.89. The summed E-state index contributed by atoms with van der Waals surface area (Å²) in [7, 11) is -1.58. The van der Waals surface area contributed by atoms with Gasteiger partial charge in [0.2, 0.25) is 15.9 Å². The van der Waals surface area contributed by atoms with Crippen molar-refractivity contribution in [3.8, 4) is 0 Å². The highest BCUT2D eigenvalue weighted by Crippen LogP contribution is 2.33. The average Bonchev–Trinajstić information content (AvgIpc) is 2.81. The van der Waals surface area contributed by atoms with E-state index in [4.69, 9.17) is 4.74 Å². The number of nitrogens with one attached hydrogen (secondary N) is 1. The lowest BCUT2D eigenvalue weighted by Gasteiger charge is -2.34. The van der Waals surface area contributed by atoms with Gasteiger partial charge >= 0.3 is 0 Å². The fraction of sp³-hybridized carbons (Fsp3) is 0.917. The molecular formula is C12H22N2O4S. The standard InChI is InChI=1S/C12H22N2O4S/c1-3-8-19(16,17)14-7-6-10-9(14)4-5-11(18-10)12(15)13-2/h9-11H,3-8H2,1-2H3,(H,13,15)/t9-,10-,11-/m0/s1. The van der Waals surface area contributed by atoms with Crippen LogP contribution in [0.5, 0.6) is 0 Å². The minimum absolute atomic E-state index is 0.0857. The molecule has 2 fully saturated rings. The van der Waals surface area contributed by atoms with Crippen molar-refractivity contribution >= 4 is 15.9 Å². The normalized spacial score (nSPS) is 32.0. The number of carbonyl (C=O) groups is 1. The SMILES string of the molecule is CCCS(=O)(=O)N1CC[C@@H]2O[C@H](C(=O)NC)CC[C@@H]21. The summed E-state index contributed by atoms with van der Waals surface area (Å²) in [6.07, 6.45) is 2.02. The van der Waals surface area contributed by atoms with Crippen molar-refractivity contribution in [2.75, 3.05) is 19.3 Å². The summed E-state index contributed by atoms with van der Waals surface area (Å²) < 4.78 is 31.6. The van der Waals surface area contributed by atoms with Crippen LogP contribution in [0.25, 0.3) is 0 Å². The summed E-state index contributed by atoms with van der Waals surface area (Å²) in [5.41, 5.74) is 0. The molecule has 2 rings (SSSR count). The van der Waals surface area contributed by atoms with Gasteiger partial charge in [0.15, 0.2) is 0 Å². The lowest BCUT2D eigenvalue weighted by atomic mass is 9.99. The van der Waals surface area contributed by atoms with E-state index < -0.39 is 16.1 Å². The van der Waals surface area contributed by atoms with Gasteiger partial charge in [-0.05, 0) is 25.7 Å². The number of hydrogen-bond donors (Lipinski definition) is 1. The van der Waals surface area contributed by atoms with Crippen LogP contribution in [0.4, 0.5) is 0 Å². The molecule has 0 saturated carbocycles. The van der Waals surface area contributed by atoms with Crippen molar-refractivity contribution in [2.45, 2.75) is 50.9 Å². The Hall–Kier alpha value is -0.660. The Morgan fingerprint density at radius 3 is 2.74 bits per heavy atom. The Kier molecular flexibility index (Phi) is 4.47. The number of rotatable bonds is 4. The van der Waals surface area contributed by atoms with Gasteiger partial charge in [0.1, 0.15) is 6.10 Å². The van der Waals surface area contributed by atoms with Crippen molar-refractivity contribution < 1.29 is 17.9 Å². The van der Waals surface area contributed by atoms with Gasteiger partial charge in [0.25, 0.3) is 0 Å². The van der Waals surface area contributed by atoms with Crippen LogP contribution in [0.3, 0.4) is 0 Å². The zero-order valence-electron chi connectivity index (χ0n) is 11.5. The van der Waals surface area contributed by atoms with E-state index in [-0.39, 0.29) is 23.8 Å². The van der Waals surface area contributed by atoms with Crippen LogP contribution in [-0.2, 0) is 19.6 Å². The molecule has 1 N–H and O–H groups in total. The lowest BCUT2D eigenvalue weighted by Crippen LogP contribution is -2.48. The van der Waals surface area contributed by atoms with E-state index in [1.807, 2.05) is 6.92 Å². The summed E-state index contributed by atoms with van der Waals surface area (Å²) in [6, 6.07) is -0.0857. The smallest absolute Gasteiger partial charge is 0.248 e. The maximum Gasteiger partial charge on any atom is 0.248 e. The molecule has 6 nitrogen and oxygen atoms in total. The first-order valence-electron chi connectivity index (χ1n) is 6.86. The Bertz CT molecular complexity index is 437. The molecule has 0 bridgehead atoms. The van der Waals surface area contributed by atoms with Gasteiger partial charge < -0.3 is 10.1 Å². The third-order valence-corrected chi connectivity index (χ3v) is 5.95. The number of ether oxygens (including phenoxy) is 1. The third kappa shape index (κ3) is 2.93. The van der Waals surface area contributed by atoms with Crippen LogP contribution in [0.2, 0.25) is 0 Å². The molecule has 2 heterocycles. The van der Waals surface area contributed by atoms with Crippen molar-refractivity contribution in [1.82, 2.24) is 9.62 Å². The Labute approximate surface area is 114 Å². The highest BCUT2D eigenvalue weighted by Gasteiger charge is 2.45. The molecule has 0 aromatic rings. The zero-order valence-corrected chi connectivity index (χ0v) is 12.3. The molecule has 0 spiro atoms. The van der Waals surface area contributed by atoms with E-state index >= 15 is 0 Å². The Balaban J connectivity index is 2.04. The van der Waals surface area contributed by atoms with Gasteiger partial charge in [-0.3, -0.25) is 4.79 Å². The van der Waals surface area contributed by atoms with Gasteiger partial charge in [-0.25, -0.2) is 8.42 Å². The molecule has 0 unspecified atom stereocenters. The first-order valence-corrected chi connectivity index (χ1v) is 8.47. The first kappa shape index (κ1) is 14.7. The molecule has 2 aliphatic heterocycles. The minimum Gasteiger partial charge on any atom is -0.363 e. The molecule has 3 atom stereocenters. The van der Waals surface area contributed by atoms with Gasteiger partial charge in [0.05, 0.1) is 17.9 Å². The minimum atomic E-state index is -3.17. The van der Waals surface area contributed by atoms with Crippen LogP contribution in [-0.4, -0.2) is 56.2 Å². The molecule has 0 aromatic carbocycles. The van der Waals surface area contributed by atoms with E-state index in [9.17, 15) is 13.2 Å². The predicted octanol–water partition coefficient (Wildman–Crippen LogP) is 0.0941. The number of carbonyl (C=O) groups excluding carboxylic acids is 1. The van der Waals surface area contributed by atoms with Crippen LogP contribution in [0, 0.1) is 0 Å². The van der Waals surface area contributed by atoms with Crippen LogP contribution in [0.1, 0.15) is 32.6 Å². The van der Waals surface area contributed by atoms with Crippen LogP contribution >= 0.6 is 0 Å². The maximum atomic E-state index is 12.2. The van der Waals surface area contributed by atoms with Gasteiger partial charge in [-0.2, -0.15) is 4.31 Å². The second-order valence-electron chi connectivity index (χ2n) is 5.14. The molecular weight excluding hydrogens is 268 g/mol. The quantitative estimate of drug-likeness (QED) is 0.796. The predicted molar refractivity (Wildman–Crippen MR) is 71.2 cm³/mol. The number of nitrogens with zero attached hydrogens (tertiary/aromatic N) is 1. The van der Waals surface area contributed by atoms with E-state index in [2.05, 4.69) is 5.32 Å². The fourth-order valence-corrected chi connectivity index (χ4v) is 4.75. The average molecular weight is 290 g/mol. The monoisotopic (exact) mass is 290 g/mol. The van der Waals surface area contributed by atoms with Crippen LogP contribution < -0.4 is 5.32 Å². The third-order valence-electron chi connectivity index (χ3n) is 3.85. The molecule has 0 aliphatic carbocycles. The van der Waals surface area contributed by atoms with E-state index in [0.29, 0.717) is 32.2 Å². The van der Waals surface area contributed by atoms with E-state index in [1.165, 1.54) is 0 Å². The largest absolute Gasteiger partial charge is 0.363 e. The first-order chi connectivity index (χ1) is 8.99. The van der Waals surface area contributed by atoms with Crippen molar-refractivity contribution in [1.29, 1.82) is 0 Å². The summed E-state index contributed by atoms with van der Waals surface area (Å²) in [4.78, 5) is 11.6. The lowest BCUT2D eigenvalue weighted by molar-refractivity contribution is -0.142. The highest BCUT2D eigenvalue weighted by atomic mass is 32.2. The molecule has 110 valence electrons. The number of likely N-dealkylation sites (N-methyl/N-ethyl adjacent to an activating group) is 1. The molecule has 7 heteroatoms.